The van der Waals surface area contributed by atoms with Crippen LogP contribution >= 0.6 is 0 Å². The summed E-state index contributed by atoms with van der Waals surface area (Å²) < 4.78 is 0. The average molecular weight is 272 g/mol. The summed E-state index contributed by atoms with van der Waals surface area (Å²) in [7, 11) is 0. The number of nitrogens with zero attached hydrogens (tertiary/aromatic N) is 2. The van der Waals surface area contributed by atoms with Crippen LogP contribution in [-0.2, 0) is 0 Å². The Morgan fingerprint density at radius 1 is 1.40 bits per heavy atom. The lowest BCUT2D eigenvalue weighted by molar-refractivity contribution is -0.382. The Labute approximate surface area is 116 Å². The van der Waals surface area contributed by atoms with Crippen LogP contribution in [0.15, 0.2) is 30.5 Å². The molecule has 0 saturated heterocycles. The van der Waals surface area contributed by atoms with Crippen LogP contribution in [0.3, 0.4) is 0 Å². The van der Waals surface area contributed by atoms with Crippen LogP contribution in [0.1, 0.15) is 19.3 Å². The van der Waals surface area contributed by atoms with Crippen molar-refractivity contribution in [2.45, 2.75) is 24.8 Å². The number of rotatable bonds is 4. The predicted molar refractivity (Wildman–Crippen MR) is 77.7 cm³/mol. The van der Waals surface area contributed by atoms with E-state index in [0.29, 0.717) is 23.1 Å². The first kappa shape index (κ1) is 12.8. The molecule has 104 valence electrons. The third-order valence-corrected chi connectivity index (χ3v) is 3.92. The van der Waals surface area contributed by atoms with Crippen molar-refractivity contribution >= 4 is 22.3 Å². The van der Waals surface area contributed by atoms with Crippen LogP contribution in [0.2, 0.25) is 0 Å². The summed E-state index contributed by atoms with van der Waals surface area (Å²) in [5, 5.41) is 15.0. The second kappa shape index (κ2) is 4.72. The van der Waals surface area contributed by atoms with E-state index in [0.717, 1.165) is 19.3 Å². The molecule has 3 rings (SSSR count). The number of hydrogen-bond donors (Lipinski definition) is 2. The fraction of sp³-hybridized carbons (Fsp3) is 0.357. The number of aromatic nitrogens is 1. The molecule has 1 aliphatic carbocycles. The Morgan fingerprint density at radius 2 is 2.20 bits per heavy atom. The Hall–Kier alpha value is -2.21. The molecule has 0 amide bonds. The average Bonchev–Trinajstić information content (AvgIpc) is 2.42. The first-order chi connectivity index (χ1) is 9.59. The molecule has 1 saturated carbocycles. The quantitative estimate of drug-likeness (QED) is 0.658. The zero-order chi connectivity index (χ0) is 14.2. The first-order valence-corrected chi connectivity index (χ1v) is 6.64. The van der Waals surface area contributed by atoms with E-state index in [2.05, 4.69) is 10.3 Å². The Kier molecular flexibility index (Phi) is 3.02. The molecule has 0 aliphatic heterocycles. The lowest BCUT2D eigenvalue weighted by atomic mass is 9.78. The van der Waals surface area contributed by atoms with Gasteiger partial charge in [0.2, 0.25) is 0 Å². The molecule has 1 aliphatic rings. The van der Waals surface area contributed by atoms with E-state index in [1.165, 1.54) is 0 Å². The van der Waals surface area contributed by atoms with Crippen molar-refractivity contribution in [3.63, 3.8) is 0 Å². The minimum Gasteiger partial charge on any atom is -0.378 e. The van der Waals surface area contributed by atoms with E-state index in [9.17, 15) is 10.1 Å². The van der Waals surface area contributed by atoms with Gasteiger partial charge >= 0.3 is 5.69 Å². The van der Waals surface area contributed by atoms with Crippen LogP contribution in [0.25, 0.3) is 10.9 Å². The smallest absolute Gasteiger partial charge is 0.301 e. The molecule has 0 atom stereocenters. The van der Waals surface area contributed by atoms with Gasteiger partial charge in [-0.25, -0.2) is 0 Å². The predicted octanol–water partition coefficient (Wildman–Crippen LogP) is 2.44. The molecule has 3 N–H and O–H groups in total. The number of nitrogens with two attached hydrogens (primary N) is 1. The lowest BCUT2D eigenvalue weighted by Gasteiger charge is -2.38. The van der Waals surface area contributed by atoms with E-state index >= 15 is 0 Å². The van der Waals surface area contributed by atoms with Crippen molar-refractivity contribution in [2.24, 2.45) is 5.73 Å². The highest BCUT2D eigenvalue weighted by Crippen LogP contribution is 2.34. The number of nitro benzene ring substituents is 1. The summed E-state index contributed by atoms with van der Waals surface area (Å²) in [6.45, 7) is 0.555. The van der Waals surface area contributed by atoms with E-state index in [1.807, 2.05) is 0 Å². The highest BCUT2D eigenvalue weighted by atomic mass is 16.6. The Balaban J connectivity index is 1.97. The fourth-order valence-electron chi connectivity index (χ4n) is 2.56. The van der Waals surface area contributed by atoms with Gasteiger partial charge in [0, 0.05) is 18.3 Å². The van der Waals surface area contributed by atoms with Gasteiger partial charge in [0.05, 0.1) is 15.8 Å². The van der Waals surface area contributed by atoms with E-state index in [4.69, 9.17) is 5.73 Å². The topological polar surface area (TPSA) is 94.1 Å². The minimum atomic E-state index is -0.365. The molecule has 0 spiro atoms. The summed E-state index contributed by atoms with van der Waals surface area (Å²) in [6.07, 6.45) is 4.68. The minimum absolute atomic E-state index is 0.0681. The van der Waals surface area contributed by atoms with Crippen LogP contribution in [0.5, 0.6) is 0 Å². The number of nitrogens with one attached hydrogen (secondary N) is 1. The van der Waals surface area contributed by atoms with Crippen LogP contribution < -0.4 is 11.1 Å². The van der Waals surface area contributed by atoms with Crippen LogP contribution in [-0.4, -0.2) is 22.0 Å². The summed E-state index contributed by atoms with van der Waals surface area (Å²) in [4.78, 5) is 15.1. The van der Waals surface area contributed by atoms with Crippen molar-refractivity contribution in [1.29, 1.82) is 0 Å². The zero-order valence-electron chi connectivity index (χ0n) is 11.0. The summed E-state index contributed by atoms with van der Waals surface area (Å²) >= 11 is 0. The molecule has 0 unspecified atom stereocenters. The third-order valence-electron chi connectivity index (χ3n) is 3.92. The summed E-state index contributed by atoms with van der Waals surface area (Å²) in [5.41, 5.74) is 7.12. The van der Waals surface area contributed by atoms with Crippen molar-refractivity contribution in [2.75, 3.05) is 11.9 Å². The largest absolute Gasteiger partial charge is 0.378 e. The maximum atomic E-state index is 11.4. The van der Waals surface area contributed by atoms with Crippen molar-refractivity contribution in [3.05, 3.63) is 40.6 Å². The molecule has 1 aromatic heterocycles. The maximum absolute atomic E-state index is 11.4. The second-order valence-corrected chi connectivity index (χ2v) is 5.36. The molecule has 6 nitrogen and oxygen atoms in total. The molecule has 0 radical (unpaired) electrons. The van der Waals surface area contributed by atoms with Crippen LogP contribution in [0, 0.1) is 10.1 Å². The molecule has 0 bridgehead atoms. The molecule has 2 aromatic rings. The van der Waals surface area contributed by atoms with Crippen molar-refractivity contribution < 1.29 is 4.92 Å². The molecule has 6 heteroatoms. The maximum Gasteiger partial charge on any atom is 0.301 e. The number of nitro groups is 1. The lowest BCUT2D eigenvalue weighted by Crippen LogP contribution is -2.52. The van der Waals surface area contributed by atoms with Gasteiger partial charge < -0.3 is 11.1 Å². The standard InChI is InChI=1S/C14H16N4O2/c15-14(6-2-7-14)9-17-12-5-4-11-10(3-1-8-16-11)13(12)18(19)20/h1,3-5,8,17H,2,6-7,9,15H2. The van der Waals surface area contributed by atoms with Gasteiger partial charge in [-0.2, -0.15) is 0 Å². The molecular formula is C14H16N4O2. The molecule has 1 fully saturated rings. The Bertz CT molecular complexity index is 667. The highest BCUT2D eigenvalue weighted by Gasteiger charge is 2.32. The normalized spacial score (nSPS) is 16.6. The third kappa shape index (κ3) is 2.18. The fourth-order valence-corrected chi connectivity index (χ4v) is 2.56. The van der Waals surface area contributed by atoms with E-state index in [1.54, 1.807) is 30.5 Å². The summed E-state index contributed by atoms with van der Waals surface area (Å²) in [6, 6.07) is 6.91. The summed E-state index contributed by atoms with van der Waals surface area (Å²) in [5.74, 6) is 0. The van der Waals surface area contributed by atoms with Crippen LogP contribution in [0.4, 0.5) is 11.4 Å². The van der Waals surface area contributed by atoms with Gasteiger partial charge in [0.25, 0.3) is 0 Å². The number of benzene rings is 1. The molecular weight excluding hydrogens is 256 g/mol. The van der Waals surface area contributed by atoms with Gasteiger partial charge in [0.1, 0.15) is 5.69 Å². The van der Waals surface area contributed by atoms with Gasteiger partial charge in [-0.05, 0) is 43.5 Å². The van der Waals surface area contributed by atoms with Crippen molar-refractivity contribution in [3.8, 4) is 0 Å². The number of pyridine rings is 1. The van der Waals surface area contributed by atoms with Crippen molar-refractivity contribution in [1.82, 2.24) is 4.98 Å². The zero-order valence-corrected chi connectivity index (χ0v) is 11.0. The highest BCUT2D eigenvalue weighted by molar-refractivity contribution is 5.94. The molecule has 1 aromatic carbocycles. The van der Waals surface area contributed by atoms with Gasteiger partial charge in [0.15, 0.2) is 0 Å². The number of hydrogen-bond acceptors (Lipinski definition) is 5. The second-order valence-electron chi connectivity index (χ2n) is 5.36. The van der Waals surface area contributed by atoms with Gasteiger partial charge in [-0.1, -0.05) is 0 Å². The van der Waals surface area contributed by atoms with Gasteiger partial charge in [-0.15, -0.1) is 0 Å². The van der Waals surface area contributed by atoms with Gasteiger partial charge in [-0.3, -0.25) is 15.1 Å². The van der Waals surface area contributed by atoms with E-state index in [-0.39, 0.29) is 16.1 Å². The monoisotopic (exact) mass is 272 g/mol. The molecule has 20 heavy (non-hydrogen) atoms. The number of anilines is 1. The van der Waals surface area contributed by atoms with E-state index < -0.39 is 0 Å². The molecule has 1 heterocycles. The first-order valence-electron chi connectivity index (χ1n) is 6.64. The number of fused-ring (bicyclic) bond motifs is 1. The SMILES string of the molecule is NC1(CNc2ccc3ncccc3c2[N+](=O)[O-])CCC1. The Morgan fingerprint density at radius 3 is 2.85 bits per heavy atom.